The molecule has 1 unspecified atom stereocenters. The van der Waals surface area contributed by atoms with Gasteiger partial charge < -0.3 is 10.2 Å². The summed E-state index contributed by atoms with van der Waals surface area (Å²) in [6.45, 7) is 1.65. The van der Waals surface area contributed by atoms with Gasteiger partial charge >= 0.3 is 6.03 Å². The van der Waals surface area contributed by atoms with Gasteiger partial charge in [-0.15, -0.1) is 0 Å². The van der Waals surface area contributed by atoms with E-state index < -0.39 is 5.54 Å². The second kappa shape index (κ2) is 7.33. The highest BCUT2D eigenvalue weighted by Gasteiger charge is 2.51. The van der Waals surface area contributed by atoms with Crippen molar-refractivity contribution in [1.29, 1.82) is 0 Å². The van der Waals surface area contributed by atoms with Crippen LogP contribution in [0, 0.1) is 5.92 Å². The van der Waals surface area contributed by atoms with Crippen LogP contribution in [-0.4, -0.2) is 52.8 Å². The van der Waals surface area contributed by atoms with Crippen LogP contribution in [0.15, 0.2) is 30.3 Å². The molecule has 1 spiro atoms. The maximum Gasteiger partial charge on any atom is 0.325 e. The molecular formula is C21H27N3O3. The summed E-state index contributed by atoms with van der Waals surface area (Å²) in [4.78, 5) is 40.9. The lowest BCUT2D eigenvalue weighted by atomic mass is 9.81. The van der Waals surface area contributed by atoms with E-state index in [9.17, 15) is 14.4 Å². The Labute approximate surface area is 159 Å². The minimum atomic E-state index is -0.676. The van der Waals surface area contributed by atoms with Crippen molar-refractivity contribution in [3.8, 4) is 0 Å². The number of nitrogens with zero attached hydrogens (tertiary/aromatic N) is 2. The summed E-state index contributed by atoms with van der Waals surface area (Å²) in [7, 11) is 0. The van der Waals surface area contributed by atoms with Gasteiger partial charge in [0.15, 0.2) is 0 Å². The van der Waals surface area contributed by atoms with Gasteiger partial charge in [0.2, 0.25) is 5.91 Å². The van der Waals surface area contributed by atoms with Crippen LogP contribution in [0.1, 0.15) is 44.1 Å². The molecule has 0 radical (unpaired) electrons. The van der Waals surface area contributed by atoms with E-state index in [1.807, 2.05) is 23.1 Å². The highest BCUT2D eigenvalue weighted by atomic mass is 16.2. The van der Waals surface area contributed by atoms with Crippen LogP contribution in [0.25, 0.3) is 0 Å². The molecule has 3 aliphatic rings. The minimum absolute atomic E-state index is 0.0294. The molecule has 2 saturated heterocycles. The standard InChI is InChI=1S/C21H27N3O3/c25-18-13-17(14-23(18)12-9-16-7-3-1-4-8-16)15-24-19(26)21(22-20(24)27)10-5-2-6-11-21/h1,3-4,7-8,17H,2,5-6,9-15H2,(H,22,27). The zero-order chi connectivity index (χ0) is 18.9. The summed E-state index contributed by atoms with van der Waals surface area (Å²) in [5, 5.41) is 2.95. The first-order valence-corrected chi connectivity index (χ1v) is 10.0. The van der Waals surface area contributed by atoms with Crippen molar-refractivity contribution in [3.05, 3.63) is 35.9 Å². The van der Waals surface area contributed by atoms with E-state index in [-0.39, 0.29) is 23.8 Å². The molecular weight excluding hydrogens is 342 g/mol. The van der Waals surface area contributed by atoms with E-state index in [0.717, 1.165) is 38.5 Å². The summed E-state index contributed by atoms with van der Waals surface area (Å²) in [6, 6.07) is 9.84. The van der Waals surface area contributed by atoms with E-state index >= 15 is 0 Å². The van der Waals surface area contributed by atoms with Gasteiger partial charge in [-0.2, -0.15) is 0 Å². The Bertz CT molecular complexity index is 727. The zero-order valence-corrected chi connectivity index (χ0v) is 15.7. The summed E-state index contributed by atoms with van der Waals surface area (Å²) in [6.07, 6.45) is 5.80. The number of carbonyl (C=O) groups is 3. The number of rotatable bonds is 5. The highest BCUT2D eigenvalue weighted by Crippen LogP contribution is 2.34. The van der Waals surface area contributed by atoms with Crippen molar-refractivity contribution in [1.82, 2.24) is 15.1 Å². The first kappa shape index (κ1) is 18.0. The molecule has 4 rings (SSSR count). The number of benzene rings is 1. The average Bonchev–Trinajstić information content (AvgIpc) is 3.14. The minimum Gasteiger partial charge on any atom is -0.342 e. The third kappa shape index (κ3) is 3.57. The first-order chi connectivity index (χ1) is 13.1. The van der Waals surface area contributed by atoms with Gasteiger partial charge in [-0.3, -0.25) is 14.5 Å². The van der Waals surface area contributed by atoms with Gasteiger partial charge in [-0.05, 0) is 24.8 Å². The summed E-state index contributed by atoms with van der Waals surface area (Å²) >= 11 is 0. The molecule has 2 heterocycles. The molecule has 0 bridgehead atoms. The van der Waals surface area contributed by atoms with Gasteiger partial charge in [-0.1, -0.05) is 49.6 Å². The van der Waals surface area contributed by atoms with E-state index in [2.05, 4.69) is 17.4 Å². The molecule has 6 nitrogen and oxygen atoms in total. The highest BCUT2D eigenvalue weighted by molar-refractivity contribution is 6.07. The smallest absolute Gasteiger partial charge is 0.325 e. The van der Waals surface area contributed by atoms with Crippen LogP contribution in [0.4, 0.5) is 4.79 Å². The third-order valence-electron chi connectivity index (χ3n) is 6.20. The SMILES string of the molecule is O=C1CC(CN2C(=O)NC3(CCCCC3)C2=O)CN1CCc1ccccc1. The quantitative estimate of drug-likeness (QED) is 0.810. The number of hydrogen-bond acceptors (Lipinski definition) is 3. The number of imide groups is 1. The summed E-state index contributed by atoms with van der Waals surface area (Å²) in [5.41, 5.74) is 0.535. The second-order valence-corrected chi connectivity index (χ2v) is 8.13. The average molecular weight is 369 g/mol. The fourth-order valence-electron chi connectivity index (χ4n) is 4.70. The number of urea groups is 1. The molecule has 1 aromatic rings. The normalized spacial score (nSPS) is 24.7. The molecule has 0 aromatic heterocycles. The molecule has 6 heteroatoms. The van der Waals surface area contributed by atoms with Gasteiger partial charge in [0, 0.05) is 32.0 Å². The van der Waals surface area contributed by atoms with Crippen molar-refractivity contribution < 1.29 is 14.4 Å². The van der Waals surface area contributed by atoms with Crippen LogP contribution < -0.4 is 5.32 Å². The maximum atomic E-state index is 12.9. The Morgan fingerprint density at radius 2 is 1.78 bits per heavy atom. The first-order valence-electron chi connectivity index (χ1n) is 10.0. The van der Waals surface area contributed by atoms with E-state index in [4.69, 9.17) is 0 Å². The second-order valence-electron chi connectivity index (χ2n) is 8.13. The number of amides is 4. The number of nitrogens with one attached hydrogen (secondary N) is 1. The van der Waals surface area contributed by atoms with E-state index in [0.29, 0.717) is 26.1 Å². The van der Waals surface area contributed by atoms with Crippen LogP contribution in [0.3, 0.4) is 0 Å². The molecule has 1 aliphatic carbocycles. The molecule has 1 aromatic carbocycles. The molecule has 2 aliphatic heterocycles. The van der Waals surface area contributed by atoms with Gasteiger partial charge in [0.25, 0.3) is 5.91 Å². The van der Waals surface area contributed by atoms with Crippen LogP contribution in [0.5, 0.6) is 0 Å². The molecule has 27 heavy (non-hydrogen) atoms. The molecule has 4 amide bonds. The lowest BCUT2D eigenvalue weighted by molar-refractivity contribution is -0.133. The van der Waals surface area contributed by atoms with Crippen molar-refractivity contribution >= 4 is 17.8 Å². The largest absolute Gasteiger partial charge is 0.342 e. The van der Waals surface area contributed by atoms with Gasteiger partial charge in [0.1, 0.15) is 5.54 Å². The maximum absolute atomic E-state index is 12.9. The van der Waals surface area contributed by atoms with Crippen LogP contribution >= 0.6 is 0 Å². The predicted octanol–water partition coefficient (Wildman–Crippen LogP) is 2.33. The fourth-order valence-corrected chi connectivity index (χ4v) is 4.70. The Balaban J connectivity index is 1.34. The Hall–Kier alpha value is -2.37. The topological polar surface area (TPSA) is 69.7 Å². The third-order valence-corrected chi connectivity index (χ3v) is 6.20. The Morgan fingerprint density at radius 3 is 2.52 bits per heavy atom. The Kier molecular flexibility index (Phi) is 4.89. The molecule has 1 atom stereocenters. The molecule has 1 saturated carbocycles. The lowest BCUT2D eigenvalue weighted by Gasteiger charge is -2.30. The van der Waals surface area contributed by atoms with Crippen LogP contribution in [0.2, 0.25) is 0 Å². The van der Waals surface area contributed by atoms with E-state index in [1.54, 1.807) is 0 Å². The lowest BCUT2D eigenvalue weighted by Crippen LogP contribution is -2.48. The van der Waals surface area contributed by atoms with Gasteiger partial charge in [0.05, 0.1) is 0 Å². The molecule has 144 valence electrons. The zero-order valence-electron chi connectivity index (χ0n) is 15.7. The van der Waals surface area contributed by atoms with Gasteiger partial charge in [-0.25, -0.2) is 4.79 Å². The summed E-state index contributed by atoms with van der Waals surface area (Å²) in [5.74, 6) is 0.0689. The number of likely N-dealkylation sites (tertiary alicyclic amines) is 1. The summed E-state index contributed by atoms with van der Waals surface area (Å²) < 4.78 is 0. The monoisotopic (exact) mass is 369 g/mol. The van der Waals surface area contributed by atoms with Crippen molar-refractivity contribution in [3.63, 3.8) is 0 Å². The van der Waals surface area contributed by atoms with Crippen molar-refractivity contribution in [2.24, 2.45) is 5.92 Å². The van der Waals surface area contributed by atoms with Crippen molar-refractivity contribution in [2.75, 3.05) is 19.6 Å². The molecule has 1 N–H and O–H groups in total. The van der Waals surface area contributed by atoms with E-state index in [1.165, 1.54) is 10.5 Å². The van der Waals surface area contributed by atoms with Crippen LogP contribution in [-0.2, 0) is 16.0 Å². The fraction of sp³-hybridized carbons (Fsp3) is 0.571. The molecule has 3 fully saturated rings. The predicted molar refractivity (Wildman–Crippen MR) is 101 cm³/mol. The number of carbonyl (C=O) groups excluding carboxylic acids is 3. The Morgan fingerprint density at radius 1 is 1.04 bits per heavy atom. The van der Waals surface area contributed by atoms with Crippen molar-refractivity contribution in [2.45, 2.75) is 50.5 Å². The number of hydrogen-bond donors (Lipinski definition) is 1.